The van der Waals surface area contributed by atoms with E-state index >= 15 is 0 Å². The fraction of sp³-hybridized carbons (Fsp3) is 0.188. The number of methoxy groups -OCH3 is 1. The quantitative estimate of drug-likeness (QED) is 0.802. The summed E-state index contributed by atoms with van der Waals surface area (Å²) in [6.45, 7) is 2.01. The minimum absolute atomic E-state index is 0.0380. The molecule has 1 aromatic heterocycles. The lowest BCUT2D eigenvalue weighted by atomic mass is 10.1. The Labute approximate surface area is 122 Å². The maximum Gasteiger partial charge on any atom is 0.201 e. The predicted octanol–water partition coefficient (Wildman–Crippen LogP) is 3.38. The van der Waals surface area contributed by atoms with Crippen molar-refractivity contribution in [1.29, 1.82) is 0 Å². The number of aromatic nitrogens is 2. The standard InChI is InChI=1S/C16H16FN3O/c1-10(11-3-5-12(17)6-4-11)20-15-8-7-13(21-2)9-14(15)19-16(20)18/h3-10H,1-2H3,(H2,18,19). The molecule has 0 radical (unpaired) electrons. The van der Waals surface area contributed by atoms with Gasteiger partial charge in [-0.05, 0) is 36.8 Å². The first-order valence-electron chi connectivity index (χ1n) is 6.67. The van der Waals surface area contributed by atoms with Crippen LogP contribution < -0.4 is 10.5 Å². The van der Waals surface area contributed by atoms with E-state index in [4.69, 9.17) is 10.5 Å². The van der Waals surface area contributed by atoms with Crippen molar-refractivity contribution >= 4 is 17.0 Å². The summed E-state index contributed by atoms with van der Waals surface area (Å²) in [5.74, 6) is 0.913. The molecule has 0 saturated heterocycles. The number of nitrogens with two attached hydrogens (primary N) is 1. The maximum atomic E-state index is 13.1. The Morgan fingerprint density at radius 1 is 1.19 bits per heavy atom. The van der Waals surface area contributed by atoms with Gasteiger partial charge in [-0.25, -0.2) is 9.37 Å². The van der Waals surface area contributed by atoms with E-state index in [0.717, 1.165) is 22.3 Å². The van der Waals surface area contributed by atoms with Crippen LogP contribution in [0, 0.1) is 5.82 Å². The number of imidazole rings is 1. The van der Waals surface area contributed by atoms with Crippen molar-refractivity contribution in [2.75, 3.05) is 12.8 Å². The zero-order valence-electron chi connectivity index (χ0n) is 11.9. The van der Waals surface area contributed by atoms with Crippen LogP contribution in [0.25, 0.3) is 11.0 Å². The Balaban J connectivity index is 2.10. The van der Waals surface area contributed by atoms with Gasteiger partial charge in [-0.1, -0.05) is 12.1 Å². The molecule has 108 valence electrons. The predicted molar refractivity (Wildman–Crippen MR) is 80.9 cm³/mol. The molecule has 3 aromatic rings. The molecule has 0 aliphatic rings. The molecule has 2 aromatic carbocycles. The zero-order valence-corrected chi connectivity index (χ0v) is 11.9. The Kier molecular flexibility index (Phi) is 3.25. The molecule has 0 fully saturated rings. The van der Waals surface area contributed by atoms with Crippen LogP contribution in [-0.2, 0) is 0 Å². The molecule has 0 saturated carbocycles. The van der Waals surface area contributed by atoms with Crippen molar-refractivity contribution < 1.29 is 9.13 Å². The highest BCUT2D eigenvalue weighted by Gasteiger charge is 2.16. The second kappa shape index (κ2) is 5.09. The Bertz CT molecular complexity index is 780. The molecular formula is C16H16FN3O. The highest BCUT2D eigenvalue weighted by Crippen LogP contribution is 2.29. The Morgan fingerprint density at radius 2 is 1.90 bits per heavy atom. The fourth-order valence-corrected chi connectivity index (χ4v) is 2.52. The van der Waals surface area contributed by atoms with Crippen LogP contribution in [0.4, 0.5) is 10.3 Å². The highest BCUT2D eigenvalue weighted by atomic mass is 19.1. The van der Waals surface area contributed by atoms with Crippen molar-refractivity contribution in [3.05, 3.63) is 53.8 Å². The number of anilines is 1. The molecule has 2 N–H and O–H groups in total. The number of halogens is 1. The fourth-order valence-electron chi connectivity index (χ4n) is 2.52. The lowest BCUT2D eigenvalue weighted by Crippen LogP contribution is -2.10. The smallest absolute Gasteiger partial charge is 0.201 e. The monoisotopic (exact) mass is 285 g/mol. The van der Waals surface area contributed by atoms with E-state index in [0.29, 0.717) is 5.95 Å². The van der Waals surface area contributed by atoms with Crippen LogP contribution >= 0.6 is 0 Å². The number of ether oxygens (including phenoxy) is 1. The van der Waals surface area contributed by atoms with Gasteiger partial charge in [-0.15, -0.1) is 0 Å². The minimum atomic E-state index is -0.251. The van der Waals surface area contributed by atoms with Crippen molar-refractivity contribution in [3.63, 3.8) is 0 Å². The van der Waals surface area contributed by atoms with E-state index < -0.39 is 0 Å². The molecule has 0 spiro atoms. The summed E-state index contributed by atoms with van der Waals surface area (Å²) in [7, 11) is 1.61. The Hall–Kier alpha value is -2.56. The number of nitrogen functional groups attached to an aromatic ring is 1. The van der Waals surface area contributed by atoms with Crippen LogP contribution in [-0.4, -0.2) is 16.7 Å². The molecule has 0 amide bonds. The second-order valence-corrected chi connectivity index (χ2v) is 4.92. The zero-order chi connectivity index (χ0) is 15.0. The molecule has 0 bridgehead atoms. The van der Waals surface area contributed by atoms with Gasteiger partial charge in [0.2, 0.25) is 5.95 Å². The van der Waals surface area contributed by atoms with Crippen LogP contribution in [0.15, 0.2) is 42.5 Å². The lowest BCUT2D eigenvalue weighted by Gasteiger charge is -2.16. The third-order valence-corrected chi connectivity index (χ3v) is 3.66. The first-order valence-corrected chi connectivity index (χ1v) is 6.67. The molecule has 1 unspecified atom stereocenters. The number of fused-ring (bicyclic) bond motifs is 1. The number of hydrogen-bond donors (Lipinski definition) is 1. The number of hydrogen-bond acceptors (Lipinski definition) is 3. The van der Waals surface area contributed by atoms with E-state index in [2.05, 4.69) is 4.98 Å². The van der Waals surface area contributed by atoms with E-state index in [1.807, 2.05) is 29.7 Å². The van der Waals surface area contributed by atoms with Crippen LogP contribution in [0.5, 0.6) is 5.75 Å². The highest BCUT2D eigenvalue weighted by molar-refractivity contribution is 5.80. The molecule has 3 rings (SSSR count). The average Bonchev–Trinajstić information content (AvgIpc) is 2.82. The normalized spacial score (nSPS) is 12.5. The molecule has 1 atom stereocenters. The first kappa shape index (κ1) is 13.4. The van der Waals surface area contributed by atoms with E-state index in [1.165, 1.54) is 12.1 Å². The molecule has 0 aliphatic heterocycles. The molecule has 5 heteroatoms. The first-order chi connectivity index (χ1) is 10.1. The van der Waals surface area contributed by atoms with Gasteiger partial charge >= 0.3 is 0 Å². The van der Waals surface area contributed by atoms with Gasteiger partial charge in [-0.3, -0.25) is 0 Å². The van der Waals surface area contributed by atoms with Crippen molar-refractivity contribution in [2.24, 2.45) is 0 Å². The van der Waals surface area contributed by atoms with Crippen molar-refractivity contribution in [3.8, 4) is 5.75 Å². The number of nitrogens with zero attached hydrogens (tertiary/aromatic N) is 2. The van der Waals surface area contributed by atoms with E-state index in [9.17, 15) is 4.39 Å². The largest absolute Gasteiger partial charge is 0.497 e. The Morgan fingerprint density at radius 3 is 2.57 bits per heavy atom. The van der Waals surface area contributed by atoms with Crippen molar-refractivity contribution in [1.82, 2.24) is 9.55 Å². The van der Waals surface area contributed by atoms with Gasteiger partial charge < -0.3 is 15.0 Å². The third kappa shape index (κ3) is 2.31. The summed E-state index contributed by atoms with van der Waals surface area (Å²) in [5.41, 5.74) is 8.72. The summed E-state index contributed by atoms with van der Waals surface area (Å²) >= 11 is 0. The van der Waals surface area contributed by atoms with E-state index in [1.54, 1.807) is 19.2 Å². The molecule has 1 heterocycles. The SMILES string of the molecule is COc1ccc2c(c1)nc(N)n2C(C)c1ccc(F)cc1. The van der Waals surface area contributed by atoms with E-state index in [-0.39, 0.29) is 11.9 Å². The topological polar surface area (TPSA) is 53.1 Å². The summed E-state index contributed by atoms with van der Waals surface area (Å²) in [5, 5.41) is 0. The maximum absolute atomic E-state index is 13.1. The average molecular weight is 285 g/mol. The minimum Gasteiger partial charge on any atom is -0.497 e. The van der Waals surface area contributed by atoms with Crippen LogP contribution in [0.3, 0.4) is 0 Å². The number of rotatable bonds is 3. The molecule has 0 aliphatic carbocycles. The van der Waals surface area contributed by atoms with Gasteiger partial charge in [0.05, 0.1) is 24.2 Å². The molecular weight excluding hydrogens is 269 g/mol. The summed E-state index contributed by atoms with van der Waals surface area (Å²) < 4.78 is 20.2. The van der Waals surface area contributed by atoms with Gasteiger partial charge in [0.15, 0.2) is 0 Å². The molecule has 4 nitrogen and oxygen atoms in total. The lowest BCUT2D eigenvalue weighted by molar-refractivity contribution is 0.415. The van der Waals surface area contributed by atoms with Gasteiger partial charge in [0, 0.05) is 6.07 Å². The van der Waals surface area contributed by atoms with Gasteiger partial charge in [-0.2, -0.15) is 0 Å². The molecule has 21 heavy (non-hydrogen) atoms. The summed E-state index contributed by atoms with van der Waals surface area (Å²) in [4.78, 5) is 4.37. The summed E-state index contributed by atoms with van der Waals surface area (Å²) in [6.07, 6.45) is 0. The van der Waals surface area contributed by atoms with Crippen LogP contribution in [0.1, 0.15) is 18.5 Å². The summed E-state index contributed by atoms with van der Waals surface area (Å²) in [6, 6.07) is 12.0. The second-order valence-electron chi connectivity index (χ2n) is 4.92. The van der Waals surface area contributed by atoms with Gasteiger partial charge in [0.1, 0.15) is 11.6 Å². The third-order valence-electron chi connectivity index (χ3n) is 3.66. The van der Waals surface area contributed by atoms with Gasteiger partial charge in [0.25, 0.3) is 0 Å². The van der Waals surface area contributed by atoms with Crippen LogP contribution in [0.2, 0.25) is 0 Å². The van der Waals surface area contributed by atoms with Crippen molar-refractivity contribution in [2.45, 2.75) is 13.0 Å². The number of benzene rings is 2.